The number of aromatic nitrogens is 5. The molecule has 12 nitrogen and oxygen atoms in total. The van der Waals surface area contributed by atoms with Gasteiger partial charge in [0.2, 0.25) is 5.82 Å². The molecule has 4 heterocycles. The summed E-state index contributed by atoms with van der Waals surface area (Å²) in [5.74, 6) is 2.03. The van der Waals surface area contributed by atoms with E-state index in [4.69, 9.17) is 0 Å². The van der Waals surface area contributed by atoms with Crippen molar-refractivity contribution in [1.29, 1.82) is 0 Å². The standard InChI is InChI=1S/C31H40N10O2/c1-32-30-34-16-12-27(37-30)36-28-20-26(38-39-28)21-10-11-24(19-21)41(23-7-3-2-4-8-23)31(43)35-22-13-17-40(18-14-22)29(42)25-9-5-6-15-33-25/h5-6,9,12,15-16,20-24H,1-4,7-8,10-11,13-14,17-19H2,(H,35,43)(H2,34,36,37,38,39)/p+1. The van der Waals surface area contributed by atoms with E-state index < -0.39 is 0 Å². The lowest BCUT2D eigenvalue weighted by Crippen LogP contribution is -2.59. The number of nitrogens with one attached hydrogen (secondary N) is 4. The molecule has 3 amide bonds. The number of anilines is 2. The summed E-state index contributed by atoms with van der Waals surface area (Å²) in [7, 11) is 0. The van der Waals surface area contributed by atoms with Crippen LogP contribution >= 0.6 is 0 Å². The minimum absolute atomic E-state index is 0.0413. The lowest BCUT2D eigenvalue weighted by molar-refractivity contribution is -0.352. The fraction of sp³-hybridized carbons (Fsp3) is 0.516. The number of carbonyl (C=O) groups is 2. The number of nitrogens with zero attached hydrogens (tertiary/aromatic N) is 6. The molecular weight excluding hydrogens is 544 g/mol. The van der Waals surface area contributed by atoms with Gasteiger partial charge in [0, 0.05) is 67.9 Å². The Kier molecular flexibility index (Phi) is 8.90. The van der Waals surface area contributed by atoms with Crippen molar-refractivity contribution in [2.24, 2.45) is 0 Å². The number of pyridine rings is 1. The average Bonchev–Trinajstić information content (AvgIpc) is 3.72. The number of H-pyrrole nitrogens is 1. The zero-order chi connectivity index (χ0) is 29.6. The van der Waals surface area contributed by atoms with E-state index in [1.807, 2.05) is 23.1 Å². The molecule has 3 aliphatic rings. The molecule has 0 bridgehead atoms. The molecule has 2 saturated carbocycles. The second kappa shape index (κ2) is 13.3. The Balaban J connectivity index is 1.07. The molecule has 3 fully saturated rings. The molecule has 3 aromatic rings. The number of carbonyl (C=O) groups excluding carboxylic acids is 2. The first-order valence-corrected chi connectivity index (χ1v) is 15.5. The van der Waals surface area contributed by atoms with Gasteiger partial charge >= 0.3 is 12.0 Å². The number of amides is 3. The normalized spacial score (nSPS) is 21.3. The van der Waals surface area contributed by atoms with Gasteiger partial charge in [0.1, 0.15) is 11.9 Å². The largest absolute Gasteiger partial charge is 0.431 e. The first kappa shape index (κ1) is 28.8. The van der Waals surface area contributed by atoms with Crippen LogP contribution in [0.5, 0.6) is 0 Å². The molecule has 43 heavy (non-hydrogen) atoms. The van der Waals surface area contributed by atoms with Crippen LogP contribution in [0.4, 0.5) is 22.4 Å². The molecule has 226 valence electrons. The number of hydrogen-bond acceptors (Lipinski definition) is 7. The van der Waals surface area contributed by atoms with Crippen LogP contribution in [0.1, 0.15) is 86.3 Å². The van der Waals surface area contributed by atoms with Gasteiger partial charge in [0.05, 0.1) is 0 Å². The number of piperidine rings is 1. The molecule has 0 spiro atoms. The second-order valence-electron chi connectivity index (χ2n) is 11.9. The van der Waals surface area contributed by atoms with Crippen molar-refractivity contribution in [3.63, 3.8) is 0 Å². The summed E-state index contributed by atoms with van der Waals surface area (Å²) in [6.07, 6.45) is 13.4. The third kappa shape index (κ3) is 6.84. The molecule has 2 aliphatic carbocycles. The summed E-state index contributed by atoms with van der Waals surface area (Å²) < 4.78 is 0. The van der Waals surface area contributed by atoms with Crippen LogP contribution in [0.2, 0.25) is 0 Å². The summed E-state index contributed by atoms with van der Waals surface area (Å²) >= 11 is 0. The molecule has 6 rings (SSSR count). The molecule has 12 heteroatoms. The molecule has 0 radical (unpaired) electrons. The minimum Gasteiger partial charge on any atom is -0.337 e. The summed E-state index contributed by atoms with van der Waals surface area (Å²) in [4.78, 5) is 46.1. The Morgan fingerprint density at radius 2 is 1.79 bits per heavy atom. The Morgan fingerprint density at radius 1 is 0.953 bits per heavy atom. The average molecular weight is 586 g/mol. The van der Waals surface area contributed by atoms with Crippen molar-refractivity contribution in [2.45, 2.75) is 88.3 Å². The van der Waals surface area contributed by atoms with Crippen molar-refractivity contribution < 1.29 is 14.6 Å². The molecule has 4 N–H and O–H groups in total. The van der Waals surface area contributed by atoms with Gasteiger partial charge < -0.3 is 20.4 Å². The highest BCUT2D eigenvalue weighted by molar-refractivity contribution is 5.92. The van der Waals surface area contributed by atoms with Crippen LogP contribution in [-0.2, 0) is 0 Å². The van der Waals surface area contributed by atoms with Gasteiger partial charge in [-0.3, -0.25) is 19.9 Å². The van der Waals surface area contributed by atoms with Crippen LogP contribution in [0.3, 0.4) is 0 Å². The lowest BCUT2D eigenvalue weighted by atomic mass is 9.92. The van der Waals surface area contributed by atoms with Crippen LogP contribution < -0.4 is 15.6 Å². The number of urea groups is 1. The maximum atomic E-state index is 13.9. The Labute approximate surface area is 251 Å². The highest BCUT2D eigenvalue weighted by atomic mass is 16.2. The van der Waals surface area contributed by atoms with Crippen LogP contribution in [-0.4, -0.2) is 84.8 Å². The molecule has 0 aromatic carbocycles. The van der Waals surface area contributed by atoms with Crippen LogP contribution in [0, 0.1) is 0 Å². The third-order valence-electron chi connectivity index (χ3n) is 9.10. The van der Waals surface area contributed by atoms with Crippen molar-refractivity contribution >= 4 is 36.2 Å². The highest BCUT2D eigenvalue weighted by Crippen LogP contribution is 2.39. The number of rotatable bonds is 8. The van der Waals surface area contributed by atoms with Crippen molar-refractivity contribution in [1.82, 2.24) is 40.3 Å². The predicted molar refractivity (Wildman–Crippen MR) is 162 cm³/mol. The van der Waals surface area contributed by atoms with Crippen LogP contribution in [0.15, 0.2) is 42.7 Å². The van der Waals surface area contributed by atoms with Gasteiger partial charge in [-0.1, -0.05) is 35.3 Å². The van der Waals surface area contributed by atoms with Crippen molar-refractivity contribution in [3.05, 3.63) is 54.1 Å². The van der Waals surface area contributed by atoms with Gasteiger partial charge in [0.25, 0.3) is 5.91 Å². The van der Waals surface area contributed by atoms with Crippen molar-refractivity contribution in [2.75, 3.05) is 18.4 Å². The Morgan fingerprint density at radius 3 is 2.56 bits per heavy atom. The van der Waals surface area contributed by atoms with Crippen LogP contribution in [0.25, 0.3) is 0 Å². The molecule has 2 atom stereocenters. The van der Waals surface area contributed by atoms with E-state index in [1.165, 1.54) is 19.3 Å². The van der Waals surface area contributed by atoms with Gasteiger partial charge in [-0.15, -0.1) is 0 Å². The summed E-state index contributed by atoms with van der Waals surface area (Å²) in [5, 5.41) is 14.3. The number of likely N-dealkylation sites (tertiary alicyclic amines) is 1. The fourth-order valence-corrected chi connectivity index (χ4v) is 6.86. The first-order chi connectivity index (χ1) is 21.1. The topological polar surface area (TPSA) is 146 Å². The fourth-order valence-electron chi connectivity index (χ4n) is 6.86. The first-order valence-electron chi connectivity index (χ1n) is 15.5. The number of aromatic amines is 1. The molecule has 2 unspecified atom stereocenters. The summed E-state index contributed by atoms with van der Waals surface area (Å²) in [6.45, 7) is 4.84. The smallest absolute Gasteiger partial charge is 0.337 e. The van der Waals surface area contributed by atoms with Crippen molar-refractivity contribution in [3.8, 4) is 0 Å². The summed E-state index contributed by atoms with van der Waals surface area (Å²) in [5.41, 5.74) is 1.54. The minimum atomic E-state index is -0.0413. The van der Waals surface area contributed by atoms with E-state index in [1.54, 1.807) is 24.5 Å². The Hall–Kier alpha value is -4.35. The lowest BCUT2D eigenvalue weighted by Gasteiger charge is -2.40. The van der Waals surface area contributed by atoms with Gasteiger partial charge in [-0.25, -0.2) is 4.79 Å². The highest BCUT2D eigenvalue weighted by Gasteiger charge is 2.38. The monoisotopic (exact) mass is 585 g/mol. The van der Waals surface area contributed by atoms with E-state index in [0.717, 1.165) is 50.6 Å². The predicted octanol–water partition coefficient (Wildman–Crippen LogP) is 3.04. The molecule has 1 aliphatic heterocycles. The van der Waals surface area contributed by atoms with E-state index in [0.29, 0.717) is 42.3 Å². The Bertz CT molecular complexity index is 1400. The maximum Gasteiger partial charge on any atom is 0.431 e. The quantitative estimate of drug-likeness (QED) is 0.297. The molecular formula is C31H41N10O2+. The maximum absolute atomic E-state index is 13.9. The van der Waals surface area contributed by atoms with Gasteiger partial charge in [-0.05, 0) is 57.1 Å². The van der Waals surface area contributed by atoms with Gasteiger partial charge in [-0.2, -0.15) is 5.10 Å². The SMILES string of the molecule is C=[NH+]c1nccc(Nc2cc(C3CCC(N(C(=O)NC4CCN(C(=O)c5ccccn5)CC4)C4CCCCC4)C3)[nH]n2)n1. The zero-order valence-corrected chi connectivity index (χ0v) is 24.5. The number of hydrogen-bond donors (Lipinski definition) is 4. The molecule has 1 saturated heterocycles. The summed E-state index contributed by atoms with van der Waals surface area (Å²) in [6, 6.07) is 9.79. The van der Waals surface area contributed by atoms with E-state index in [2.05, 4.69) is 52.4 Å². The zero-order valence-electron chi connectivity index (χ0n) is 24.5. The van der Waals surface area contributed by atoms with E-state index in [9.17, 15) is 9.59 Å². The van der Waals surface area contributed by atoms with E-state index >= 15 is 0 Å². The van der Waals surface area contributed by atoms with Gasteiger partial charge in [0.15, 0.2) is 5.82 Å². The second-order valence-corrected chi connectivity index (χ2v) is 11.9. The third-order valence-corrected chi connectivity index (χ3v) is 9.10. The molecule has 3 aromatic heterocycles. The van der Waals surface area contributed by atoms with E-state index in [-0.39, 0.29) is 30.1 Å².